The number of fused-ring (bicyclic) bond motifs is 1. The van der Waals surface area contributed by atoms with E-state index in [9.17, 15) is 9.90 Å². The van der Waals surface area contributed by atoms with E-state index in [1.165, 1.54) is 13.2 Å². The number of carboxylic acids is 1. The third kappa shape index (κ3) is 4.05. The number of rotatable bonds is 6. The van der Waals surface area contributed by atoms with Gasteiger partial charge in [0.2, 0.25) is 0 Å². The molecule has 1 heterocycles. The standard InChI is InChI=1S/C21H16N2O4/c1-26-20-12-14(7-9-19(20)27-11-10-22)6-8-15-13-17(21(24)25)16-4-2-3-5-18(16)23-15/h2-9,12-13H,11H2,1H3,(H,24,25)/p-1/b8-6+. The Kier molecular flexibility index (Phi) is 5.33. The van der Waals surface area contributed by atoms with Crippen LogP contribution in [0, 0.1) is 11.3 Å². The fraction of sp³-hybridized carbons (Fsp3) is 0.0952. The van der Waals surface area contributed by atoms with Crippen molar-refractivity contribution < 1.29 is 19.4 Å². The first-order valence-electron chi connectivity index (χ1n) is 8.09. The molecule has 0 amide bonds. The van der Waals surface area contributed by atoms with Crippen molar-refractivity contribution in [1.29, 1.82) is 5.26 Å². The van der Waals surface area contributed by atoms with Crippen LogP contribution in [-0.4, -0.2) is 24.7 Å². The normalized spacial score (nSPS) is 10.7. The van der Waals surface area contributed by atoms with Gasteiger partial charge in [-0.1, -0.05) is 30.3 Å². The minimum Gasteiger partial charge on any atom is -0.545 e. The van der Waals surface area contributed by atoms with Gasteiger partial charge in [0.15, 0.2) is 18.1 Å². The molecular formula is C21H15N2O4-. The quantitative estimate of drug-likeness (QED) is 0.671. The van der Waals surface area contributed by atoms with Crippen LogP contribution in [-0.2, 0) is 0 Å². The molecule has 0 saturated carbocycles. The molecule has 0 spiro atoms. The smallest absolute Gasteiger partial charge is 0.174 e. The summed E-state index contributed by atoms with van der Waals surface area (Å²) in [6.07, 6.45) is 3.50. The van der Waals surface area contributed by atoms with Crippen molar-refractivity contribution in [2.75, 3.05) is 13.7 Å². The first kappa shape index (κ1) is 18.0. The monoisotopic (exact) mass is 359 g/mol. The van der Waals surface area contributed by atoms with Gasteiger partial charge in [0.05, 0.1) is 24.3 Å². The third-order valence-electron chi connectivity index (χ3n) is 3.88. The topological polar surface area (TPSA) is 95.3 Å². The number of pyridine rings is 1. The van der Waals surface area contributed by atoms with Crippen LogP contribution in [0.1, 0.15) is 21.6 Å². The van der Waals surface area contributed by atoms with E-state index in [0.29, 0.717) is 28.1 Å². The summed E-state index contributed by atoms with van der Waals surface area (Å²) >= 11 is 0. The van der Waals surface area contributed by atoms with Crippen molar-refractivity contribution >= 4 is 29.0 Å². The lowest BCUT2D eigenvalue weighted by atomic mass is 10.1. The maximum Gasteiger partial charge on any atom is 0.174 e. The summed E-state index contributed by atoms with van der Waals surface area (Å²) < 4.78 is 10.6. The Balaban J connectivity index is 1.94. The van der Waals surface area contributed by atoms with Crippen molar-refractivity contribution in [1.82, 2.24) is 4.98 Å². The molecule has 27 heavy (non-hydrogen) atoms. The number of hydrogen-bond acceptors (Lipinski definition) is 6. The van der Waals surface area contributed by atoms with E-state index in [2.05, 4.69) is 4.98 Å². The minimum absolute atomic E-state index is 0.0709. The van der Waals surface area contributed by atoms with Crippen LogP contribution in [0.25, 0.3) is 23.1 Å². The molecular weight excluding hydrogens is 344 g/mol. The number of ether oxygens (including phenoxy) is 2. The summed E-state index contributed by atoms with van der Waals surface area (Å²) in [5.41, 5.74) is 1.98. The molecule has 0 unspecified atom stereocenters. The largest absolute Gasteiger partial charge is 0.545 e. The lowest BCUT2D eigenvalue weighted by molar-refractivity contribution is -0.254. The highest BCUT2D eigenvalue weighted by atomic mass is 16.5. The fourth-order valence-corrected chi connectivity index (χ4v) is 2.65. The average Bonchev–Trinajstić information content (AvgIpc) is 2.70. The van der Waals surface area contributed by atoms with Gasteiger partial charge in [-0.15, -0.1) is 0 Å². The summed E-state index contributed by atoms with van der Waals surface area (Å²) in [7, 11) is 1.51. The number of nitriles is 1. The molecule has 6 heteroatoms. The highest BCUT2D eigenvalue weighted by Crippen LogP contribution is 2.29. The van der Waals surface area contributed by atoms with Gasteiger partial charge in [-0.2, -0.15) is 5.26 Å². The number of carboxylic acid groups (broad SMARTS) is 1. The third-order valence-corrected chi connectivity index (χ3v) is 3.88. The van der Waals surface area contributed by atoms with Gasteiger partial charge in [0.1, 0.15) is 6.07 Å². The van der Waals surface area contributed by atoms with E-state index in [4.69, 9.17) is 14.7 Å². The Morgan fingerprint density at radius 2 is 2.00 bits per heavy atom. The summed E-state index contributed by atoms with van der Waals surface area (Å²) in [5, 5.41) is 20.6. The number of aromatic carboxylic acids is 1. The van der Waals surface area contributed by atoms with Crippen LogP contribution in [0.5, 0.6) is 11.5 Å². The molecule has 0 fully saturated rings. The van der Waals surface area contributed by atoms with E-state index in [1.807, 2.05) is 6.07 Å². The van der Waals surface area contributed by atoms with E-state index in [1.54, 1.807) is 54.6 Å². The van der Waals surface area contributed by atoms with Gasteiger partial charge >= 0.3 is 0 Å². The lowest BCUT2D eigenvalue weighted by Crippen LogP contribution is -2.22. The molecule has 0 N–H and O–H groups in total. The zero-order valence-electron chi connectivity index (χ0n) is 14.5. The Morgan fingerprint density at radius 1 is 1.19 bits per heavy atom. The molecule has 134 valence electrons. The molecule has 6 nitrogen and oxygen atoms in total. The Bertz CT molecular complexity index is 1070. The van der Waals surface area contributed by atoms with E-state index >= 15 is 0 Å². The zero-order chi connectivity index (χ0) is 19.2. The number of nitrogens with zero attached hydrogens (tertiary/aromatic N) is 2. The van der Waals surface area contributed by atoms with Crippen LogP contribution in [0.2, 0.25) is 0 Å². The molecule has 3 aromatic rings. The predicted octanol–water partition coefficient (Wildman–Crippen LogP) is 2.68. The first-order valence-corrected chi connectivity index (χ1v) is 8.09. The summed E-state index contributed by atoms with van der Waals surface area (Å²) in [6, 6.07) is 15.7. The van der Waals surface area contributed by atoms with Gasteiger partial charge in [0, 0.05) is 10.9 Å². The number of carbonyl (C=O) groups is 1. The number of hydrogen-bond donors (Lipinski definition) is 0. The summed E-state index contributed by atoms with van der Waals surface area (Å²) in [6.45, 7) is -0.0709. The van der Waals surface area contributed by atoms with E-state index in [0.717, 1.165) is 5.56 Å². The van der Waals surface area contributed by atoms with Crippen molar-refractivity contribution in [2.45, 2.75) is 0 Å². The van der Waals surface area contributed by atoms with Crippen LogP contribution < -0.4 is 14.6 Å². The minimum atomic E-state index is -1.25. The second kappa shape index (κ2) is 8.02. The van der Waals surface area contributed by atoms with Gasteiger partial charge in [-0.3, -0.25) is 0 Å². The number of aromatic nitrogens is 1. The molecule has 0 saturated heterocycles. The number of para-hydroxylation sites is 1. The van der Waals surface area contributed by atoms with Gasteiger partial charge in [0.25, 0.3) is 0 Å². The predicted molar refractivity (Wildman–Crippen MR) is 99.1 cm³/mol. The van der Waals surface area contributed by atoms with Crippen LogP contribution >= 0.6 is 0 Å². The molecule has 0 atom stereocenters. The molecule has 1 aromatic heterocycles. The van der Waals surface area contributed by atoms with Gasteiger partial charge in [-0.05, 0) is 35.9 Å². The first-order chi connectivity index (χ1) is 13.1. The second-order valence-electron chi connectivity index (χ2n) is 5.59. The summed E-state index contributed by atoms with van der Waals surface area (Å²) in [5.74, 6) is -0.280. The maximum absolute atomic E-state index is 11.4. The van der Waals surface area contributed by atoms with Crippen molar-refractivity contribution in [2.24, 2.45) is 0 Å². The number of carbonyl (C=O) groups excluding carboxylic acids is 1. The van der Waals surface area contributed by atoms with E-state index in [-0.39, 0.29) is 12.2 Å². The molecule has 3 rings (SSSR count). The zero-order valence-corrected chi connectivity index (χ0v) is 14.5. The second-order valence-corrected chi connectivity index (χ2v) is 5.59. The van der Waals surface area contributed by atoms with Crippen molar-refractivity contribution in [3.8, 4) is 17.6 Å². The average molecular weight is 359 g/mol. The molecule has 0 aliphatic carbocycles. The van der Waals surface area contributed by atoms with Gasteiger partial charge in [-0.25, -0.2) is 4.98 Å². The number of methoxy groups -OCH3 is 1. The molecule has 2 aromatic carbocycles. The SMILES string of the molecule is COc1cc(/C=C/c2cc(C(=O)[O-])c3ccccc3n2)ccc1OCC#N. The van der Waals surface area contributed by atoms with E-state index < -0.39 is 5.97 Å². The van der Waals surface area contributed by atoms with Crippen LogP contribution in [0.3, 0.4) is 0 Å². The summed E-state index contributed by atoms with van der Waals surface area (Å²) in [4.78, 5) is 15.9. The van der Waals surface area contributed by atoms with Crippen molar-refractivity contribution in [3.05, 3.63) is 65.4 Å². The highest BCUT2D eigenvalue weighted by molar-refractivity contribution is 6.02. The lowest BCUT2D eigenvalue weighted by Gasteiger charge is -2.09. The molecule has 0 aliphatic heterocycles. The fourth-order valence-electron chi connectivity index (χ4n) is 2.65. The molecule has 0 aliphatic rings. The van der Waals surface area contributed by atoms with Crippen LogP contribution in [0.15, 0.2) is 48.5 Å². The number of benzene rings is 2. The highest BCUT2D eigenvalue weighted by Gasteiger charge is 2.06. The maximum atomic E-state index is 11.4. The van der Waals surface area contributed by atoms with Crippen molar-refractivity contribution in [3.63, 3.8) is 0 Å². The Morgan fingerprint density at radius 3 is 2.74 bits per heavy atom. The Hall–Kier alpha value is -3.85. The van der Waals surface area contributed by atoms with Crippen LogP contribution in [0.4, 0.5) is 0 Å². The van der Waals surface area contributed by atoms with Gasteiger partial charge < -0.3 is 19.4 Å². The molecule has 0 radical (unpaired) electrons. The molecule has 0 bridgehead atoms. The Labute approximate surface area is 155 Å².